The molecule has 2 unspecified atom stereocenters. The van der Waals surface area contributed by atoms with E-state index < -0.39 is 11.5 Å². The molecule has 92 valence electrons. The number of nitrogens with one attached hydrogen (secondary N) is 2. The second kappa shape index (κ2) is 5.54. The van der Waals surface area contributed by atoms with Crippen LogP contribution in [0.5, 0.6) is 0 Å². The van der Waals surface area contributed by atoms with Crippen LogP contribution in [0.1, 0.15) is 20.3 Å². The summed E-state index contributed by atoms with van der Waals surface area (Å²) in [6, 6.07) is -0.274. The van der Waals surface area contributed by atoms with Crippen molar-refractivity contribution < 1.29 is 14.7 Å². The largest absolute Gasteiger partial charge is 0.480 e. The van der Waals surface area contributed by atoms with Crippen LogP contribution in [0.2, 0.25) is 0 Å². The first-order valence-corrected chi connectivity index (χ1v) is 6.51. The Hall–Kier alpha value is -0.750. The van der Waals surface area contributed by atoms with Crippen molar-refractivity contribution in [3.63, 3.8) is 0 Å². The molecule has 1 heterocycles. The van der Waals surface area contributed by atoms with Gasteiger partial charge in [-0.1, -0.05) is 6.92 Å². The first-order valence-electron chi connectivity index (χ1n) is 5.36. The van der Waals surface area contributed by atoms with Crippen LogP contribution in [0.15, 0.2) is 0 Å². The molecule has 1 aliphatic heterocycles. The van der Waals surface area contributed by atoms with E-state index >= 15 is 0 Å². The van der Waals surface area contributed by atoms with Gasteiger partial charge in [-0.05, 0) is 13.3 Å². The monoisotopic (exact) mass is 246 g/mol. The Morgan fingerprint density at radius 2 is 2.31 bits per heavy atom. The van der Waals surface area contributed by atoms with Crippen LogP contribution in [-0.4, -0.2) is 46.6 Å². The van der Waals surface area contributed by atoms with E-state index in [1.807, 2.05) is 0 Å². The summed E-state index contributed by atoms with van der Waals surface area (Å²) in [5.74, 6) is 0.477. The number of thioether (sulfide) groups is 1. The van der Waals surface area contributed by atoms with E-state index in [0.29, 0.717) is 12.2 Å². The lowest BCUT2D eigenvalue weighted by atomic mass is 9.99. The summed E-state index contributed by atoms with van der Waals surface area (Å²) in [5, 5.41) is 14.7. The van der Waals surface area contributed by atoms with E-state index in [-0.39, 0.29) is 11.9 Å². The number of hydrogen-bond donors (Lipinski definition) is 3. The average molecular weight is 246 g/mol. The Balaban J connectivity index is 2.57. The number of carboxylic acid groups (broad SMARTS) is 1. The zero-order valence-corrected chi connectivity index (χ0v) is 10.4. The molecule has 0 aromatic carbocycles. The van der Waals surface area contributed by atoms with Crippen LogP contribution in [-0.2, 0) is 9.59 Å². The highest BCUT2D eigenvalue weighted by atomic mass is 32.2. The Kier molecular flexibility index (Phi) is 4.61. The molecule has 1 rings (SSSR count). The van der Waals surface area contributed by atoms with Gasteiger partial charge in [-0.25, -0.2) is 4.79 Å². The zero-order valence-electron chi connectivity index (χ0n) is 9.58. The molecule has 3 N–H and O–H groups in total. The van der Waals surface area contributed by atoms with Gasteiger partial charge >= 0.3 is 5.97 Å². The third-order valence-corrected chi connectivity index (χ3v) is 3.88. The van der Waals surface area contributed by atoms with E-state index in [1.54, 1.807) is 18.7 Å². The van der Waals surface area contributed by atoms with E-state index in [1.165, 1.54) is 6.92 Å². The van der Waals surface area contributed by atoms with Gasteiger partial charge in [-0.2, -0.15) is 11.8 Å². The maximum absolute atomic E-state index is 11.8. The molecule has 0 aromatic heterocycles. The predicted molar refractivity (Wildman–Crippen MR) is 63.6 cm³/mol. The van der Waals surface area contributed by atoms with Gasteiger partial charge in [0.25, 0.3) is 0 Å². The lowest BCUT2D eigenvalue weighted by Crippen LogP contribution is -2.58. The minimum Gasteiger partial charge on any atom is -0.480 e. The van der Waals surface area contributed by atoms with Crippen molar-refractivity contribution in [2.45, 2.75) is 31.8 Å². The summed E-state index contributed by atoms with van der Waals surface area (Å²) in [5.41, 5.74) is -1.17. The van der Waals surface area contributed by atoms with Crippen molar-refractivity contribution in [3.8, 4) is 0 Å². The van der Waals surface area contributed by atoms with Crippen LogP contribution in [0.4, 0.5) is 0 Å². The number of amides is 1. The van der Waals surface area contributed by atoms with E-state index in [0.717, 1.165) is 12.3 Å². The van der Waals surface area contributed by atoms with Crippen molar-refractivity contribution in [3.05, 3.63) is 0 Å². The minimum atomic E-state index is -1.17. The van der Waals surface area contributed by atoms with Crippen LogP contribution < -0.4 is 10.6 Å². The number of carbonyl (C=O) groups is 2. The molecule has 0 saturated carbocycles. The molecule has 5 nitrogen and oxygen atoms in total. The number of aliphatic carboxylic acids is 1. The van der Waals surface area contributed by atoms with Gasteiger partial charge in [0.1, 0.15) is 5.54 Å². The lowest BCUT2D eigenvalue weighted by molar-refractivity contribution is -0.147. The van der Waals surface area contributed by atoms with Gasteiger partial charge in [-0.3, -0.25) is 4.79 Å². The summed E-state index contributed by atoms with van der Waals surface area (Å²) in [6.45, 7) is 4.07. The summed E-state index contributed by atoms with van der Waals surface area (Å²) < 4.78 is 0. The van der Waals surface area contributed by atoms with Crippen molar-refractivity contribution in [1.82, 2.24) is 10.6 Å². The van der Waals surface area contributed by atoms with Crippen molar-refractivity contribution in [2.75, 3.05) is 18.1 Å². The van der Waals surface area contributed by atoms with Crippen molar-refractivity contribution >= 4 is 23.6 Å². The quantitative estimate of drug-likeness (QED) is 0.654. The highest BCUT2D eigenvalue weighted by Gasteiger charge is 2.35. The Morgan fingerprint density at radius 3 is 2.75 bits per heavy atom. The smallest absolute Gasteiger partial charge is 0.329 e. The molecular formula is C10H18N2O3S. The molecule has 16 heavy (non-hydrogen) atoms. The summed E-state index contributed by atoms with van der Waals surface area (Å²) in [6.07, 6.45) is 0.369. The maximum Gasteiger partial charge on any atom is 0.329 e. The van der Waals surface area contributed by atoms with E-state index in [2.05, 4.69) is 10.6 Å². The molecule has 1 fully saturated rings. The molecule has 0 aromatic rings. The third-order valence-electron chi connectivity index (χ3n) is 2.82. The standard InChI is InChI=1S/C10H18N2O3S/c1-3-10(2,9(14)15)12-8(13)7-6-16-5-4-11-7/h7,11H,3-6H2,1-2H3,(H,12,13)(H,14,15). The van der Waals surface area contributed by atoms with Crippen LogP contribution in [0.3, 0.4) is 0 Å². The van der Waals surface area contributed by atoms with Gasteiger partial charge in [0.05, 0.1) is 6.04 Å². The summed E-state index contributed by atoms with van der Waals surface area (Å²) in [4.78, 5) is 22.9. The van der Waals surface area contributed by atoms with Crippen LogP contribution in [0, 0.1) is 0 Å². The topological polar surface area (TPSA) is 78.4 Å². The Morgan fingerprint density at radius 1 is 1.62 bits per heavy atom. The molecule has 0 aliphatic carbocycles. The molecule has 0 radical (unpaired) electrons. The Labute approximate surface area is 99.4 Å². The fourth-order valence-corrected chi connectivity index (χ4v) is 2.32. The summed E-state index contributed by atoms with van der Waals surface area (Å²) in [7, 11) is 0. The van der Waals surface area contributed by atoms with Gasteiger partial charge in [0.15, 0.2) is 0 Å². The summed E-state index contributed by atoms with van der Waals surface area (Å²) >= 11 is 1.70. The fraction of sp³-hybridized carbons (Fsp3) is 0.800. The van der Waals surface area contributed by atoms with Crippen LogP contribution in [0.25, 0.3) is 0 Å². The number of carbonyl (C=O) groups excluding carboxylic acids is 1. The van der Waals surface area contributed by atoms with Crippen molar-refractivity contribution in [1.29, 1.82) is 0 Å². The molecule has 0 spiro atoms. The maximum atomic E-state index is 11.8. The first kappa shape index (κ1) is 13.3. The Bertz CT molecular complexity index is 279. The molecular weight excluding hydrogens is 228 g/mol. The molecule has 2 atom stereocenters. The second-order valence-electron chi connectivity index (χ2n) is 4.06. The third kappa shape index (κ3) is 3.12. The molecule has 6 heteroatoms. The minimum absolute atomic E-state index is 0.223. The predicted octanol–water partition coefficient (Wildman–Crippen LogP) is 0.0609. The number of carboxylic acids is 1. The highest BCUT2D eigenvalue weighted by Crippen LogP contribution is 2.12. The van der Waals surface area contributed by atoms with Gasteiger partial charge in [0, 0.05) is 18.1 Å². The molecule has 1 amide bonds. The SMILES string of the molecule is CCC(C)(NC(=O)C1CSCCN1)C(=O)O. The van der Waals surface area contributed by atoms with Gasteiger partial charge in [0.2, 0.25) is 5.91 Å². The molecule has 1 aliphatic rings. The highest BCUT2D eigenvalue weighted by molar-refractivity contribution is 7.99. The molecule has 1 saturated heterocycles. The van der Waals surface area contributed by atoms with E-state index in [4.69, 9.17) is 5.11 Å². The average Bonchev–Trinajstić information content (AvgIpc) is 2.29. The zero-order chi connectivity index (χ0) is 12.2. The fourth-order valence-electron chi connectivity index (χ4n) is 1.39. The normalized spacial score (nSPS) is 24.5. The number of rotatable bonds is 4. The van der Waals surface area contributed by atoms with Crippen molar-refractivity contribution in [2.24, 2.45) is 0 Å². The van der Waals surface area contributed by atoms with Gasteiger partial charge in [-0.15, -0.1) is 0 Å². The first-order chi connectivity index (χ1) is 7.49. The lowest BCUT2D eigenvalue weighted by Gasteiger charge is -2.29. The van der Waals surface area contributed by atoms with E-state index in [9.17, 15) is 9.59 Å². The molecule has 0 bridgehead atoms. The number of hydrogen-bond acceptors (Lipinski definition) is 4. The van der Waals surface area contributed by atoms with Gasteiger partial charge < -0.3 is 15.7 Å². The second-order valence-corrected chi connectivity index (χ2v) is 5.21. The van der Waals surface area contributed by atoms with Crippen LogP contribution >= 0.6 is 11.8 Å².